The first-order valence-corrected chi connectivity index (χ1v) is 6.15. The lowest BCUT2D eigenvalue weighted by Crippen LogP contribution is -1.96. The quantitative estimate of drug-likeness (QED) is 0.796. The van der Waals surface area contributed by atoms with Gasteiger partial charge in [0, 0.05) is 17.2 Å². The molecule has 3 nitrogen and oxygen atoms in total. The van der Waals surface area contributed by atoms with Gasteiger partial charge in [-0.2, -0.15) is 5.10 Å². The summed E-state index contributed by atoms with van der Waals surface area (Å²) in [5, 5.41) is 7.35. The summed E-state index contributed by atoms with van der Waals surface area (Å²) in [6, 6.07) is 0. The molecule has 2 saturated carbocycles. The van der Waals surface area contributed by atoms with Gasteiger partial charge in [0.25, 0.3) is 0 Å². The lowest BCUT2D eigenvalue weighted by Gasteiger charge is -2.04. The van der Waals surface area contributed by atoms with Crippen LogP contribution in [0.15, 0.2) is 0 Å². The zero-order valence-corrected chi connectivity index (χ0v) is 9.29. The molecule has 1 heterocycles. The predicted octanol–water partition coefficient (Wildman–Crippen LogP) is 2.46. The van der Waals surface area contributed by atoms with Crippen LogP contribution in [0.2, 0.25) is 0 Å². The van der Waals surface area contributed by atoms with Crippen molar-refractivity contribution < 1.29 is 0 Å². The largest absolute Gasteiger partial charge is 0.382 e. The van der Waals surface area contributed by atoms with Crippen LogP contribution < -0.4 is 5.73 Å². The van der Waals surface area contributed by atoms with Crippen LogP contribution in [0.1, 0.15) is 49.8 Å². The minimum atomic E-state index is 0.733. The fourth-order valence-corrected chi connectivity index (χ4v) is 3.43. The first-order chi connectivity index (χ1) is 7.33. The number of rotatable bonds is 3. The van der Waals surface area contributed by atoms with E-state index in [-0.39, 0.29) is 0 Å². The van der Waals surface area contributed by atoms with E-state index in [4.69, 9.17) is 5.73 Å². The van der Waals surface area contributed by atoms with Crippen molar-refractivity contribution in [3.05, 3.63) is 11.3 Å². The van der Waals surface area contributed by atoms with Gasteiger partial charge in [0.15, 0.2) is 0 Å². The molecule has 0 radical (unpaired) electrons. The van der Waals surface area contributed by atoms with Crippen molar-refractivity contribution in [1.29, 1.82) is 0 Å². The highest BCUT2D eigenvalue weighted by Crippen LogP contribution is 2.63. The summed E-state index contributed by atoms with van der Waals surface area (Å²) in [6.07, 6.45) is 6.49. The molecule has 2 fully saturated rings. The zero-order valence-electron chi connectivity index (χ0n) is 9.29. The first kappa shape index (κ1) is 9.25. The van der Waals surface area contributed by atoms with Crippen LogP contribution in [0, 0.1) is 11.8 Å². The summed E-state index contributed by atoms with van der Waals surface area (Å²) in [6.45, 7) is 2.20. The Balaban J connectivity index is 1.86. The van der Waals surface area contributed by atoms with E-state index in [0.717, 1.165) is 36.4 Å². The maximum atomic E-state index is 5.90. The summed E-state index contributed by atoms with van der Waals surface area (Å²) in [5.41, 5.74) is 8.57. The Kier molecular flexibility index (Phi) is 2.01. The van der Waals surface area contributed by atoms with Gasteiger partial charge in [0.2, 0.25) is 0 Å². The van der Waals surface area contributed by atoms with Crippen LogP contribution in [0.4, 0.5) is 5.82 Å². The molecule has 2 atom stereocenters. The Morgan fingerprint density at radius 1 is 1.40 bits per heavy atom. The van der Waals surface area contributed by atoms with E-state index in [9.17, 15) is 0 Å². The first-order valence-electron chi connectivity index (χ1n) is 6.15. The molecule has 2 aliphatic rings. The number of aromatic nitrogens is 2. The fourth-order valence-electron chi connectivity index (χ4n) is 3.43. The third-order valence-corrected chi connectivity index (χ3v) is 4.17. The van der Waals surface area contributed by atoms with Crippen LogP contribution in [-0.4, -0.2) is 10.2 Å². The van der Waals surface area contributed by atoms with E-state index in [1.165, 1.54) is 30.5 Å². The Morgan fingerprint density at radius 2 is 2.13 bits per heavy atom. The molecule has 0 saturated heterocycles. The molecule has 82 valence electrons. The van der Waals surface area contributed by atoms with Gasteiger partial charge in [-0.3, -0.25) is 5.10 Å². The average Bonchev–Trinajstić information content (AvgIpc) is 2.64. The van der Waals surface area contributed by atoms with Crippen LogP contribution in [-0.2, 0) is 6.42 Å². The lowest BCUT2D eigenvalue weighted by atomic mass is 10.0. The molecule has 1 aromatic heterocycles. The Labute approximate surface area is 90.4 Å². The van der Waals surface area contributed by atoms with Gasteiger partial charge in [-0.25, -0.2) is 0 Å². The van der Waals surface area contributed by atoms with Gasteiger partial charge in [-0.15, -0.1) is 0 Å². The molecule has 0 amide bonds. The van der Waals surface area contributed by atoms with Gasteiger partial charge in [0.1, 0.15) is 5.82 Å². The maximum Gasteiger partial charge on any atom is 0.148 e. The number of H-pyrrole nitrogens is 1. The molecule has 3 N–H and O–H groups in total. The van der Waals surface area contributed by atoms with Crippen molar-refractivity contribution >= 4 is 5.82 Å². The molecule has 2 unspecified atom stereocenters. The number of hydrogen-bond donors (Lipinski definition) is 2. The summed E-state index contributed by atoms with van der Waals surface area (Å²) >= 11 is 0. The Morgan fingerprint density at radius 3 is 2.80 bits per heavy atom. The minimum absolute atomic E-state index is 0.733. The van der Waals surface area contributed by atoms with Gasteiger partial charge in [-0.1, -0.05) is 19.8 Å². The summed E-state index contributed by atoms with van der Waals surface area (Å²) in [7, 11) is 0. The second kappa shape index (κ2) is 3.26. The lowest BCUT2D eigenvalue weighted by molar-refractivity contribution is 0.665. The molecular formula is C12H19N3. The van der Waals surface area contributed by atoms with Crippen molar-refractivity contribution in [2.75, 3.05) is 5.73 Å². The molecule has 3 rings (SSSR count). The molecular weight excluding hydrogens is 186 g/mol. The van der Waals surface area contributed by atoms with Crippen LogP contribution in [0.25, 0.3) is 0 Å². The van der Waals surface area contributed by atoms with E-state index >= 15 is 0 Å². The number of nitrogens with two attached hydrogens (primary N) is 1. The van der Waals surface area contributed by atoms with E-state index in [0.29, 0.717) is 0 Å². The second-order valence-electron chi connectivity index (χ2n) is 5.04. The second-order valence-corrected chi connectivity index (χ2v) is 5.04. The van der Waals surface area contributed by atoms with E-state index in [1.54, 1.807) is 0 Å². The topological polar surface area (TPSA) is 54.7 Å². The standard InChI is InChI=1S/C12H19N3/c1-2-4-9-11(14-15-12(9)13)10-7-5-3-6-8(7)10/h7-8,10H,2-6H2,1H3,(H3,13,14,15). The van der Waals surface area contributed by atoms with Crippen LogP contribution >= 0.6 is 0 Å². The van der Waals surface area contributed by atoms with Crippen molar-refractivity contribution in [3.8, 4) is 0 Å². The Hall–Kier alpha value is -0.990. The van der Waals surface area contributed by atoms with Gasteiger partial charge >= 0.3 is 0 Å². The Bertz CT molecular complexity index is 359. The summed E-state index contributed by atoms with van der Waals surface area (Å²) in [4.78, 5) is 0. The molecule has 15 heavy (non-hydrogen) atoms. The highest BCUT2D eigenvalue weighted by atomic mass is 15.2. The monoisotopic (exact) mass is 205 g/mol. The maximum absolute atomic E-state index is 5.90. The zero-order chi connectivity index (χ0) is 10.4. The highest BCUT2D eigenvalue weighted by Gasteiger charge is 2.54. The number of anilines is 1. The summed E-state index contributed by atoms with van der Waals surface area (Å²) in [5.74, 6) is 3.39. The molecule has 0 aromatic carbocycles. The molecule has 3 heteroatoms. The third kappa shape index (κ3) is 1.29. The SMILES string of the molecule is CCCc1c(N)n[nH]c1C1C2CCCC21. The van der Waals surface area contributed by atoms with Crippen molar-refractivity contribution in [3.63, 3.8) is 0 Å². The minimum Gasteiger partial charge on any atom is -0.382 e. The molecule has 0 aliphatic heterocycles. The normalized spacial score (nSPS) is 33.0. The van der Waals surface area contributed by atoms with Gasteiger partial charge in [0.05, 0.1) is 0 Å². The molecule has 0 spiro atoms. The van der Waals surface area contributed by atoms with Crippen molar-refractivity contribution in [2.24, 2.45) is 11.8 Å². The van der Waals surface area contributed by atoms with Crippen LogP contribution in [0.5, 0.6) is 0 Å². The number of aromatic amines is 1. The van der Waals surface area contributed by atoms with Gasteiger partial charge in [-0.05, 0) is 31.1 Å². The molecule has 2 aliphatic carbocycles. The van der Waals surface area contributed by atoms with Crippen LogP contribution in [0.3, 0.4) is 0 Å². The predicted molar refractivity (Wildman–Crippen MR) is 60.6 cm³/mol. The third-order valence-electron chi connectivity index (χ3n) is 4.17. The van der Waals surface area contributed by atoms with Crippen molar-refractivity contribution in [1.82, 2.24) is 10.2 Å². The average molecular weight is 205 g/mol. The fraction of sp³-hybridized carbons (Fsp3) is 0.750. The smallest absolute Gasteiger partial charge is 0.148 e. The highest BCUT2D eigenvalue weighted by molar-refractivity contribution is 5.46. The van der Waals surface area contributed by atoms with E-state index in [1.807, 2.05) is 0 Å². The molecule has 1 aromatic rings. The summed E-state index contributed by atoms with van der Waals surface area (Å²) < 4.78 is 0. The molecule has 0 bridgehead atoms. The van der Waals surface area contributed by atoms with E-state index < -0.39 is 0 Å². The van der Waals surface area contributed by atoms with E-state index in [2.05, 4.69) is 17.1 Å². The van der Waals surface area contributed by atoms with Gasteiger partial charge < -0.3 is 5.73 Å². The number of nitrogen functional groups attached to an aromatic ring is 1. The number of hydrogen-bond acceptors (Lipinski definition) is 2. The number of nitrogens with one attached hydrogen (secondary N) is 1. The number of fused-ring (bicyclic) bond motifs is 1. The van der Waals surface area contributed by atoms with Crippen molar-refractivity contribution in [2.45, 2.75) is 44.9 Å². The number of nitrogens with zero attached hydrogens (tertiary/aromatic N) is 1.